The Morgan fingerprint density at radius 1 is 1.09 bits per heavy atom. The van der Waals surface area contributed by atoms with Gasteiger partial charge in [0, 0.05) is 23.7 Å². The van der Waals surface area contributed by atoms with Gasteiger partial charge in [0.1, 0.15) is 0 Å². The summed E-state index contributed by atoms with van der Waals surface area (Å²) in [4.78, 5) is 20.5. The zero-order valence-electron chi connectivity index (χ0n) is 20.5. The van der Waals surface area contributed by atoms with E-state index in [0.717, 1.165) is 41.9 Å². The first kappa shape index (κ1) is 21.6. The number of likely N-dealkylation sites (tertiary alicyclic amines) is 1. The van der Waals surface area contributed by atoms with Crippen LogP contribution in [0, 0.1) is 17.8 Å². The lowest BCUT2D eigenvalue weighted by Gasteiger charge is -2.56. The number of fused-ring (bicyclic) bond motifs is 1. The van der Waals surface area contributed by atoms with Gasteiger partial charge in [0.25, 0.3) is 5.91 Å². The molecule has 3 heterocycles. The highest BCUT2D eigenvalue weighted by Crippen LogP contribution is 2.60. The zero-order chi connectivity index (χ0) is 23.1. The number of piperidine rings is 1. The molecule has 4 bridgehead atoms. The minimum Gasteiger partial charge on any atom is -0.391 e. The average Bonchev–Trinajstić information content (AvgIpc) is 3.17. The van der Waals surface area contributed by atoms with Crippen LogP contribution in [0.15, 0.2) is 12.1 Å². The molecule has 0 radical (unpaired) electrons. The maximum atomic E-state index is 13.5. The van der Waals surface area contributed by atoms with Crippen LogP contribution in [0.3, 0.4) is 0 Å². The molecule has 5 fully saturated rings. The highest BCUT2D eigenvalue weighted by atomic mass is 16.3. The Morgan fingerprint density at radius 2 is 1.73 bits per heavy atom. The van der Waals surface area contributed by atoms with Crippen LogP contribution in [0.4, 0.5) is 0 Å². The standard InChI is InChI=1S/C27H38N4O2/c1-16(2)21-12-22(27-13-17-8-18(14-27)10-19(9-17)15-27)28-24-11-20(29-31(21)24)25(33)30-7-5-6-23(32)26(30,3)4/h11-12,16-19,23,32H,5-10,13-15H2,1-4H3. The van der Waals surface area contributed by atoms with Crippen molar-refractivity contribution in [2.24, 2.45) is 17.8 Å². The second kappa shape index (κ2) is 7.27. The van der Waals surface area contributed by atoms with E-state index in [0.29, 0.717) is 18.2 Å². The van der Waals surface area contributed by atoms with Crippen LogP contribution < -0.4 is 0 Å². The predicted molar refractivity (Wildman–Crippen MR) is 127 cm³/mol. The third kappa shape index (κ3) is 3.27. The molecule has 33 heavy (non-hydrogen) atoms. The molecule has 6 heteroatoms. The highest BCUT2D eigenvalue weighted by molar-refractivity contribution is 5.94. The predicted octanol–water partition coefficient (Wildman–Crippen LogP) is 4.70. The van der Waals surface area contributed by atoms with Crippen molar-refractivity contribution in [3.05, 3.63) is 29.2 Å². The molecule has 0 aromatic carbocycles. The van der Waals surface area contributed by atoms with Gasteiger partial charge in [-0.05, 0) is 95.0 Å². The molecule has 1 aliphatic heterocycles. The third-order valence-electron chi connectivity index (χ3n) is 9.46. The van der Waals surface area contributed by atoms with Crippen LogP contribution in [0.5, 0.6) is 0 Å². The van der Waals surface area contributed by atoms with Gasteiger partial charge in [-0.25, -0.2) is 9.50 Å². The molecule has 4 saturated carbocycles. The number of nitrogens with zero attached hydrogens (tertiary/aromatic N) is 4. The summed E-state index contributed by atoms with van der Waals surface area (Å²) in [5.74, 6) is 2.79. The van der Waals surface area contributed by atoms with Crippen molar-refractivity contribution in [1.29, 1.82) is 0 Å². The van der Waals surface area contributed by atoms with E-state index in [2.05, 4.69) is 19.9 Å². The maximum Gasteiger partial charge on any atom is 0.274 e. The zero-order valence-corrected chi connectivity index (χ0v) is 20.5. The topological polar surface area (TPSA) is 70.7 Å². The van der Waals surface area contributed by atoms with Crippen molar-refractivity contribution in [2.45, 2.75) is 102 Å². The second-order valence-electron chi connectivity index (χ2n) is 12.5. The van der Waals surface area contributed by atoms with Gasteiger partial charge < -0.3 is 10.0 Å². The number of hydrogen-bond acceptors (Lipinski definition) is 4. The molecule has 1 saturated heterocycles. The van der Waals surface area contributed by atoms with E-state index in [4.69, 9.17) is 10.1 Å². The summed E-state index contributed by atoms with van der Waals surface area (Å²) >= 11 is 0. The van der Waals surface area contributed by atoms with Crippen LogP contribution in [0.2, 0.25) is 0 Å². The Morgan fingerprint density at radius 3 is 2.33 bits per heavy atom. The SMILES string of the molecule is CC(C)c1cc(C23CC4CC(CC(C4)C2)C3)nc2cc(C(=O)N3CCCC(O)C3(C)C)nn12. The van der Waals surface area contributed by atoms with Gasteiger partial charge in [-0.2, -0.15) is 5.10 Å². The third-order valence-corrected chi connectivity index (χ3v) is 9.46. The molecule has 1 N–H and O–H groups in total. The fourth-order valence-corrected chi connectivity index (χ4v) is 7.98. The van der Waals surface area contributed by atoms with Crippen LogP contribution in [-0.4, -0.2) is 48.7 Å². The quantitative estimate of drug-likeness (QED) is 0.736. The number of rotatable bonds is 3. The van der Waals surface area contributed by atoms with Gasteiger partial charge in [0.15, 0.2) is 11.3 Å². The van der Waals surface area contributed by atoms with E-state index < -0.39 is 11.6 Å². The van der Waals surface area contributed by atoms with E-state index in [9.17, 15) is 9.90 Å². The minimum atomic E-state index is -0.593. The number of hydrogen-bond donors (Lipinski definition) is 1. The van der Waals surface area contributed by atoms with Gasteiger partial charge in [-0.1, -0.05) is 13.8 Å². The Balaban J connectivity index is 1.41. The molecule has 2 aromatic heterocycles. The van der Waals surface area contributed by atoms with Gasteiger partial charge in [0.2, 0.25) is 0 Å². The molecule has 1 amide bonds. The van der Waals surface area contributed by atoms with Gasteiger partial charge in [-0.3, -0.25) is 4.79 Å². The number of amides is 1. The first-order valence-corrected chi connectivity index (χ1v) is 13.1. The van der Waals surface area contributed by atoms with Crippen molar-refractivity contribution in [2.75, 3.05) is 6.54 Å². The molecule has 4 aliphatic carbocycles. The molecular formula is C27H38N4O2. The maximum absolute atomic E-state index is 13.5. The lowest BCUT2D eigenvalue weighted by Crippen LogP contribution is -2.58. The van der Waals surface area contributed by atoms with E-state index in [1.54, 1.807) is 4.90 Å². The molecule has 6 nitrogen and oxygen atoms in total. The second-order valence-corrected chi connectivity index (χ2v) is 12.5. The van der Waals surface area contributed by atoms with Crippen LogP contribution >= 0.6 is 0 Å². The first-order chi connectivity index (χ1) is 15.7. The molecule has 5 aliphatic rings. The monoisotopic (exact) mass is 450 g/mol. The summed E-state index contributed by atoms with van der Waals surface area (Å²) in [7, 11) is 0. The van der Waals surface area contributed by atoms with Gasteiger partial charge in [0.05, 0.1) is 17.3 Å². The van der Waals surface area contributed by atoms with E-state index in [-0.39, 0.29) is 11.3 Å². The molecule has 2 aromatic rings. The summed E-state index contributed by atoms with van der Waals surface area (Å²) in [6, 6.07) is 4.19. The van der Waals surface area contributed by atoms with Crippen LogP contribution in [0.25, 0.3) is 5.65 Å². The highest BCUT2D eigenvalue weighted by Gasteiger charge is 2.52. The van der Waals surface area contributed by atoms with Crippen molar-refractivity contribution in [1.82, 2.24) is 19.5 Å². The minimum absolute atomic E-state index is 0.102. The first-order valence-electron chi connectivity index (χ1n) is 13.1. The van der Waals surface area contributed by atoms with Crippen molar-refractivity contribution in [3.63, 3.8) is 0 Å². The smallest absolute Gasteiger partial charge is 0.274 e. The van der Waals surface area contributed by atoms with E-state index in [1.807, 2.05) is 24.4 Å². The molecular weight excluding hydrogens is 412 g/mol. The summed E-state index contributed by atoms with van der Waals surface area (Å²) in [6.07, 6.45) is 9.12. The number of carbonyl (C=O) groups is 1. The summed E-state index contributed by atoms with van der Waals surface area (Å²) in [5, 5.41) is 15.3. The number of aromatic nitrogens is 3. The molecule has 7 rings (SSSR count). The Bertz CT molecular complexity index is 1070. The fraction of sp³-hybridized carbons (Fsp3) is 0.741. The lowest BCUT2D eigenvalue weighted by molar-refractivity contribution is -0.0310. The van der Waals surface area contributed by atoms with Gasteiger partial charge >= 0.3 is 0 Å². The Labute approximate surface area is 196 Å². The molecule has 0 spiro atoms. The number of aliphatic hydroxyl groups is 1. The Hall–Kier alpha value is -1.95. The van der Waals surface area contributed by atoms with Gasteiger partial charge in [-0.15, -0.1) is 0 Å². The number of aliphatic hydroxyl groups excluding tert-OH is 1. The van der Waals surface area contributed by atoms with Crippen LogP contribution in [-0.2, 0) is 5.41 Å². The summed E-state index contributed by atoms with van der Waals surface area (Å²) in [6.45, 7) is 8.96. The fourth-order valence-electron chi connectivity index (χ4n) is 7.98. The molecule has 178 valence electrons. The molecule has 1 atom stereocenters. The number of carbonyl (C=O) groups excluding carboxylic acids is 1. The average molecular weight is 451 g/mol. The summed E-state index contributed by atoms with van der Waals surface area (Å²) in [5.41, 5.74) is 3.24. The summed E-state index contributed by atoms with van der Waals surface area (Å²) < 4.78 is 1.90. The van der Waals surface area contributed by atoms with E-state index in [1.165, 1.54) is 44.2 Å². The molecule has 1 unspecified atom stereocenters. The Kier molecular flexibility index (Phi) is 4.75. The van der Waals surface area contributed by atoms with E-state index >= 15 is 0 Å². The van der Waals surface area contributed by atoms with Crippen molar-refractivity contribution >= 4 is 11.6 Å². The lowest BCUT2D eigenvalue weighted by atomic mass is 9.49. The van der Waals surface area contributed by atoms with Crippen molar-refractivity contribution < 1.29 is 9.90 Å². The van der Waals surface area contributed by atoms with Crippen molar-refractivity contribution in [3.8, 4) is 0 Å². The normalized spacial score (nSPS) is 35.0. The van der Waals surface area contributed by atoms with Crippen LogP contribution in [0.1, 0.15) is 107 Å². The largest absolute Gasteiger partial charge is 0.391 e.